The zero-order valence-corrected chi connectivity index (χ0v) is 7.32. The fraction of sp³-hybridized carbons (Fsp3) is 0.857. The van der Waals surface area contributed by atoms with Gasteiger partial charge >= 0.3 is 0 Å². The fourth-order valence-electron chi connectivity index (χ4n) is 1.51. The van der Waals surface area contributed by atoms with E-state index < -0.39 is 14.6 Å². The Morgan fingerprint density at radius 1 is 1.36 bits per heavy atom. The summed E-state index contributed by atoms with van der Waals surface area (Å²) in [6.07, 6.45) is 3.91. The van der Waals surface area contributed by atoms with E-state index in [1.807, 2.05) is 6.07 Å². The monoisotopic (exact) mass is 173 g/mol. The average Bonchev–Trinajstić information content (AvgIpc) is 2.33. The summed E-state index contributed by atoms with van der Waals surface area (Å²) < 4.78 is 21.3. The molecule has 0 aromatic heterocycles. The van der Waals surface area contributed by atoms with E-state index in [4.69, 9.17) is 5.26 Å². The van der Waals surface area contributed by atoms with Gasteiger partial charge in [0.05, 0.1) is 6.07 Å². The van der Waals surface area contributed by atoms with Gasteiger partial charge in [-0.1, -0.05) is 12.8 Å². The van der Waals surface area contributed by atoms with E-state index in [1.165, 1.54) is 0 Å². The molecule has 1 aliphatic carbocycles. The highest BCUT2D eigenvalue weighted by molar-refractivity contribution is 7.92. The largest absolute Gasteiger partial charge is 0.227 e. The Bertz CT molecular complexity index is 280. The molecule has 0 aromatic rings. The summed E-state index contributed by atoms with van der Waals surface area (Å²) in [6.45, 7) is 0. The van der Waals surface area contributed by atoms with E-state index in [1.54, 1.807) is 0 Å². The van der Waals surface area contributed by atoms with E-state index in [9.17, 15) is 8.42 Å². The van der Waals surface area contributed by atoms with Crippen LogP contribution in [0.3, 0.4) is 0 Å². The molecule has 0 atom stereocenters. The molecule has 1 rings (SSSR count). The van der Waals surface area contributed by atoms with Crippen molar-refractivity contribution in [3.8, 4) is 6.07 Å². The van der Waals surface area contributed by atoms with Crippen molar-refractivity contribution in [3.05, 3.63) is 0 Å². The molecule has 1 fully saturated rings. The van der Waals surface area contributed by atoms with Crippen LogP contribution in [0.25, 0.3) is 0 Å². The Morgan fingerprint density at radius 2 is 1.82 bits per heavy atom. The number of hydrogen-bond donors (Lipinski definition) is 0. The summed E-state index contributed by atoms with van der Waals surface area (Å²) in [5.41, 5.74) is 0. The highest BCUT2D eigenvalue weighted by atomic mass is 32.2. The molecule has 0 radical (unpaired) electrons. The highest BCUT2D eigenvalue weighted by Gasteiger charge is 2.43. The van der Waals surface area contributed by atoms with Gasteiger partial charge in [-0.25, -0.2) is 8.42 Å². The molecule has 0 N–H and O–H groups in total. The van der Waals surface area contributed by atoms with Crippen LogP contribution in [0.15, 0.2) is 0 Å². The molecule has 3 nitrogen and oxygen atoms in total. The van der Waals surface area contributed by atoms with Crippen LogP contribution in [-0.4, -0.2) is 19.4 Å². The Balaban J connectivity index is 3.06. The summed E-state index contributed by atoms with van der Waals surface area (Å²) in [4.78, 5) is 0. The molecule has 0 spiro atoms. The Hall–Kier alpha value is -0.560. The van der Waals surface area contributed by atoms with Crippen LogP contribution in [0.2, 0.25) is 0 Å². The minimum Gasteiger partial charge on any atom is -0.227 e. The molecule has 0 amide bonds. The number of nitriles is 1. The minimum absolute atomic E-state index is 0.516. The molecule has 0 heterocycles. The third-order valence-corrected chi connectivity index (χ3v) is 4.24. The molecule has 0 bridgehead atoms. The van der Waals surface area contributed by atoms with Crippen LogP contribution in [-0.2, 0) is 9.84 Å². The standard InChI is InChI=1S/C7H11NO2S/c1-11(9,10)7(6-8)4-2-3-5-7/h2-5H2,1H3. The number of nitrogens with zero attached hydrogens (tertiary/aromatic N) is 1. The van der Waals surface area contributed by atoms with Gasteiger partial charge in [0.1, 0.15) is 0 Å². The Kier molecular flexibility index (Phi) is 1.93. The lowest BCUT2D eigenvalue weighted by atomic mass is 10.1. The SMILES string of the molecule is CS(=O)(=O)C1(C#N)CCCC1. The molecule has 0 aliphatic heterocycles. The van der Waals surface area contributed by atoms with Gasteiger partial charge in [-0.2, -0.15) is 5.26 Å². The lowest BCUT2D eigenvalue weighted by Gasteiger charge is -2.16. The van der Waals surface area contributed by atoms with Crippen LogP contribution in [0.1, 0.15) is 25.7 Å². The van der Waals surface area contributed by atoms with Crippen molar-refractivity contribution < 1.29 is 8.42 Å². The van der Waals surface area contributed by atoms with Crippen molar-refractivity contribution in [3.63, 3.8) is 0 Å². The van der Waals surface area contributed by atoms with Crippen molar-refractivity contribution in [1.82, 2.24) is 0 Å². The maximum Gasteiger partial charge on any atom is 0.166 e. The van der Waals surface area contributed by atoms with E-state index in [0.29, 0.717) is 12.8 Å². The fourth-order valence-corrected chi connectivity index (χ4v) is 2.71. The maximum atomic E-state index is 11.2. The van der Waals surface area contributed by atoms with Crippen molar-refractivity contribution in [1.29, 1.82) is 5.26 Å². The zero-order chi connectivity index (χ0) is 8.54. The molecule has 0 unspecified atom stereocenters. The maximum absolute atomic E-state index is 11.2. The summed E-state index contributed by atoms with van der Waals surface area (Å²) in [7, 11) is -3.18. The highest BCUT2D eigenvalue weighted by Crippen LogP contribution is 2.35. The third-order valence-electron chi connectivity index (χ3n) is 2.32. The van der Waals surface area contributed by atoms with Crippen molar-refractivity contribution in [2.24, 2.45) is 0 Å². The van der Waals surface area contributed by atoms with Gasteiger partial charge in [-0.3, -0.25) is 0 Å². The molecule has 1 saturated carbocycles. The van der Waals surface area contributed by atoms with Crippen LogP contribution >= 0.6 is 0 Å². The molecule has 0 aromatic carbocycles. The van der Waals surface area contributed by atoms with Gasteiger partial charge in [0, 0.05) is 6.26 Å². The van der Waals surface area contributed by atoms with Crippen molar-refractivity contribution in [2.75, 3.05) is 6.26 Å². The van der Waals surface area contributed by atoms with E-state index >= 15 is 0 Å². The number of sulfone groups is 1. The summed E-state index contributed by atoms with van der Waals surface area (Å²) in [5, 5.41) is 8.72. The first-order chi connectivity index (χ1) is 5.02. The Labute approximate surface area is 66.9 Å². The minimum atomic E-state index is -3.18. The van der Waals surface area contributed by atoms with Crippen LogP contribution in [0.4, 0.5) is 0 Å². The zero-order valence-electron chi connectivity index (χ0n) is 6.50. The van der Waals surface area contributed by atoms with E-state index in [-0.39, 0.29) is 0 Å². The first-order valence-corrected chi connectivity index (χ1v) is 5.52. The van der Waals surface area contributed by atoms with Crippen molar-refractivity contribution >= 4 is 9.84 Å². The molecule has 11 heavy (non-hydrogen) atoms. The van der Waals surface area contributed by atoms with Gasteiger partial charge in [0.2, 0.25) is 0 Å². The number of rotatable bonds is 1. The van der Waals surface area contributed by atoms with Gasteiger partial charge in [-0.05, 0) is 12.8 Å². The summed E-state index contributed by atoms with van der Waals surface area (Å²) >= 11 is 0. The van der Waals surface area contributed by atoms with Gasteiger partial charge in [0.15, 0.2) is 14.6 Å². The Morgan fingerprint density at radius 3 is 2.00 bits per heavy atom. The van der Waals surface area contributed by atoms with Crippen LogP contribution in [0.5, 0.6) is 0 Å². The normalized spacial score (nSPS) is 22.9. The summed E-state index contributed by atoms with van der Waals surface area (Å²) in [5.74, 6) is 0. The summed E-state index contributed by atoms with van der Waals surface area (Å²) in [6, 6.07) is 1.93. The first-order valence-electron chi connectivity index (χ1n) is 3.63. The van der Waals surface area contributed by atoms with Gasteiger partial charge < -0.3 is 0 Å². The predicted octanol–water partition coefficient (Wildman–Crippen LogP) is 0.867. The predicted molar refractivity (Wildman–Crippen MR) is 41.7 cm³/mol. The molecular formula is C7H11NO2S. The molecule has 1 aliphatic rings. The van der Waals surface area contributed by atoms with Crippen LogP contribution in [0, 0.1) is 11.3 Å². The molecular weight excluding hydrogens is 162 g/mol. The molecule has 0 saturated heterocycles. The second-order valence-corrected chi connectivity index (χ2v) is 5.41. The second kappa shape index (κ2) is 2.49. The quantitative estimate of drug-likeness (QED) is 0.591. The van der Waals surface area contributed by atoms with Crippen LogP contribution < -0.4 is 0 Å². The second-order valence-electron chi connectivity index (χ2n) is 3.09. The van der Waals surface area contributed by atoms with Crippen molar-refractivity contribution in [2.45, 2.75) is 30.4 Å². The lowest BCUT2D eigenvalue weighted by Crippen LogP contribution is -2.32. The first kappa shape index (κ1) is 8.54. The topological polar surface area (TPSA) is 57.9 Å². The van der Waals surface area contributed by atoms with Gasteiger partial charge in [-0.15, -0.1) is 0 Å². The molecule has 62 valence electrons. The van der Waals surface area contributed by atoms with Gasteiger partial charge in [0.25, 0.3) is 0 Å². The van der Waals surface area contributed by atoms with E-state index in [2.05, 4.69) is 0 Å². The van der Waals surface area contributed by atoms with E-state index in [0.717, 1.165) is 19.1 Å². The smallest absolute Gasteiger partial charge is 0.166 e. The third kappa shape index (κ3) is 1.25. The lowest BCUT2D eigenvalue weighted by molar-refractivity contribution is 0.564. The molecule has 4 heteroatoms. The average molecular weight is 173 g/mol. The number of hydrogen-bond acceptors (Lipinski definition) is 3.